The third-order valence-electron chi connectivity index (χ3n) is 3.83. The summed E-state index contributed by atoms with van der Waals surface area (Å²) in [6.45, 7) is 3.35. The molecule has 0 bridgehead atoms. The Hall–Kier alpha value is -1.36. The number of carbonyl (C=O) groups excluding carboxylic acids is 1. The van der Waals surface area contributed by atoms with Crippen LogP contribution in [-0.4, -0.2) is 23.5 Å². The number of rotatable bonds is 5. The monoisotopic (exact) mass is 339 g/mol. The number of benzene rings is 1. The van der Waals surface area contributed by atoms with Crippen LogP contribution in [0.5, 0.6) is 0 Å². The van der Waals surface area contributed by atoms with E-state index in [1.165, 1.54) is 0 Å². The summed E-state index contributed by atoms with van der Waals surface area (Å²) in [6.07, 6.45) is 1.62. The number of nitrogens with one attached hydrogen (secondary N) is 1. The zero-order valence-electron chi connectivity index (χ0n) is 11.6. The molecule has 2 rings (SSSR count). The number of halogens is 1. The van der Waals surface area contributed by atoms with Crippen LogP contribution >= 0.6 is 15.9 Å². The van der Waals surface area contributed by atoms with Crippen molar-refractivity contribution in [1.29, 1.82) is 0 Å². The minimum Gasteiger partial charge on any atom is -0.481 e. The molecule has 20 heavy (non-hydrogen) atoms. The molecule has 1 aromatic carbocycles. The Balaban J connectivity index is 2.08. The fourth-order valence-corrected chi connectivity index (χ4v) is 2.50. The molecule has 0 atom stereocenters. The maximum atomic E-state index is 12.4. The van der Waals surface area contributed by atoms with Gasteiger partial charge >= 0.3 is 5.97 Å². The van der Waals surface area contributed by atoms with Gasteiger partial charge in [0.25, 0.3) is 0 Å². The minimum atomic E-state index is -0.955. The molecule has 1 fully saturated rings. The maximum Gasteiger partial charge on any atom is 0.310 e. The third-order valence-corrected chi connectivity index (χ3v) is 4.32. The zero-order chi connectivity index (χ0) is 15.0. The molecule has 2 N–H and O–H groups in total. The van der Waals surface area contributed by atoms with Crippen molar-refractivity contribution in [2.75, 3.05) is 6.54 Å². The Kier molecular flexibility index (Phi) is 3.91. The number of amides is 1. The van der Waals surface area contributed by atoms with Gasteiger partial charge in [0.05, 0.1) is 10.8 Å². The van der Waals surface area contributed by atoms with Crippen LogP contribution in [0, 0.1) is 5.41 Å². The average Bonchev–Trinajstić information content (AvgIpc) is 3.17. The van der Waals surface area contributed by atoms with Crippen LogP contribution in [0.3, 0.4) is 0 Å². The zero-order valence-corrected chi connectivity index (χ0v) is 13.2. The number of carbonyl (C=O) groups is 2. The molecular formula is C15H18BrNO3. The molecule has 0 saturated heterocycles. The van der Waals surface area contributed by atoms with Crippen LogP contribution < -0.4 is 5.32 Å². The molecule has 1 saturated carbocycles. The first-order valence-corrected chi connectivity index (χ1v) is 7.35. The second-order valence-corrected chi connectivity index (χ2v) is 6.88. The highest BCUT2D eigenvalue weighted by Gasteiger charge is 2.51. The van der Waals surface area contributed by atoms with Gasteiger partial charge in [0.15, 0.2) is 0 Å². The van der Waals surface area contributed by atoms with Crippen molar-refractivity contribution in [3.05, 3.63) is 34.3 Å². The molecule has 0 radical (unpaired) electrons. The largest absolute Gasteiger partial charge is 0.481 e. The van der Waals surface area contributed by atoms with E-state index in [-0.39, 0.29) is 12.5 Å². The van der Waals surface area contributed by atoms with Gasteiger partial charge in [-0.05, 0) is 44.4 Å². The van der Waals surface area contributed by atoms with Crippen molar-refractivity contribution in [1.82, 2.24) is 5.32 Å². The van der Waals surface area contributed by atoms with Crippen LogP contribution in [0.25, 0.3) is 0 Å². The second kappa shape index (κ2) is 5.20. The van der Waals surface area contributed by atoms with Gasteiger partial charge in [-0.3, -0.25) is 9.59 Å². The molecule has 0 aromatic heterocycles. The van der Waals surface area contributed by atoms with Gasteiger partial charge in [-0.1, -0.05) is 28.1 Å². The molecule has 0 heterocycles. The highest BCUT2D eigenvalue weighted by Crippen LogP contribution is 2.48. The predicted octanol–water partition coefficient (Wildman–Crippen LogP) is 2.71. The lowest BCUT2D eigenvalue weighted by Crippen LogP contribution is -2.43. The van der Waals surface area contributed by atoms with E-state index in [4.69, 9.17) is 5.11 Å². The van der Waals surface area contributed by atoms with E-state index in [0.717, 1.165) is 22.9 Å². The summed E-state index contributed by atoms with van der Waals surface area (Å²) >= 11 is 3.41. The van der Waals surface area contributed by atoms with E-state index >= 15 is 0 Å². The SMILES string of the molecule is CC(C)(CNC(=O)C1(c2cccc(Br)c2)CC1)C(=O)O. The van der Waals surface area contributed by atoms with Crippen molar-refractivity contribution < 1.29 is 14.7 Å². The fourth-order valence-electron chi connectivity index (χ4n) is 2.10. The molecule has 0 spiro atoms. The Morgan fingerprint density at radius 1 is 1.40 bits per heavy atom. The summed E-state index contributed by atoms with van der Waals surface area (Å²) < 4.78 is 0.944. The minimum absolute atomic E-state index is 0.0788. The van der Waals surface area contributed by atoms with Gasteiger partial charge in [0, 0.05) is 11.0 Å². The quantitative estimate of drug-likeness (QED) is 0.866. The summed E-state index contributed by atoms with van der Waals surface area (Å²) in [7, 11) is 0. The van der Waals surface area contributed by atoms with Crippen molar-refractivity contribution in [2.24, 2.45) is 5.41 Å². The Morgan fingerprint density at radius 2 is 2.05 bits per heavy atom. The molecule has 1 aliphatic rings. The van der Waals surface area contributed by atoms with E-state index in [2.05, 4.69) is 21.2 Å². The smallest absolute Gasteiger partial charge is 0.310 e. The summed E-state index contributed by atoms with van der Waals surface area (Å²) in [5.74, 6) is -0.991. The van der Waals surface area contributed by atoms with E-state index in [1.807, 2.05) is 24.3 Å². The molecule has 0 aliphatic heterocycles. The fraction of sp³-hybridized carbons (Fsp3) is 0.467. The van der Waals surface area contributed by atoms with Crippen LogP contribution in [0.4, 0.5) is 0 Å². The molecule has 1 aromatic rings. The van der Waals surface area contributed by atoms with Crippen LogP contribution in [0.1, 0.15) is 32.3 Å². The second-order valence-electron chi connectivity index (χ2n) is 5.96. The number of carboxylic acid groups (broad SMARTS) is 1. The molecule has 108 valence electrons. The van der Waals surface area contributed by atoms with Gasteiger partial charge in [0.1, 0.15) is 0 Å². The third kappa shape index (κ3) is 2.87. The Bertz CT molecular complexity index is 550. The van der Waals surface area contributed by atoms with Gasteiger partial charge < -0.3 is 10.4 Å². The topological polar surface area (TPSA) is 66.4 Å². The van der Waals surface area contributed by atoms with Gasteiger partial charge in [-0.25, -0.2) is 0 Å². The van der Waals surface area contributed by atoms with Gasteiger partial charge in [0.2, 0.25) is 5.91 Å². The van der Waals surface area contributed by atoms with Gasteiger partial charge in [-0.15, -0.1) is 0 Å². The molecule has 4 nitrogen and oxygen atoms in total. The van der Waals surface area contributed by atoms with E-state index in [0.29, 0.717) is 0 Å². The first-order chi connectivity index (χ1) is 9.28. The summed E-state index contributed by atoms with van der Waals surface area (Å²) in [5.41, 5.74) is -0.445. The van der Waals surface area contributed by atoms with Crippen LogP contribution in [0.15, 0.2) is 28.7 Å². The first kappa shape index (κ1) is 15.0. The molecule has 0 unspecified atom stereocenters. The maximum absolute atomic E-state index is 12.4. The van der Waals surface area contributed by atoms with Crippen molar-refractivity contribution in [2.45, 2.75) is 32.1 Å². The van der Waals surface area contributed by atoms with Crippen LogP contribution in [0.2, 0.25) is 0 Å². The predicted molar refractivity (Wildman–Crippen MR) is 79.5 cm³/mol. The van der Waals surface area contributed by atoms with Crippen molar-refractivity contribution >= 4 is 27.8 Å². The van der Waals surface area contributed by atoms with Gasteiger partial charge in [-0.2, -0.15) is 0 Å². The lowest BCUT2D eigenvalue weighted by Gasteiger charge is -2.22. The lowest BCUT2D eigenvalue weighted by molar-refractivity contribution is -0.146. The molecule has 1 amide bonds. The Labute approximate surface area is 126 Å². The molecule has 1 aliphatic carbocycles. The number of aliphatic carboxylic acids is 1. The van der Waals surface area contributed by atoms with E-state index in [1.54, 1.807) is 13.8 Å². The summed E-state index contributed by atoms with van der Waals surface area (Å²) in [5, 5.41) is 11.9. The number of carboxylic acids is 1. The van der Waals surface area contributed by atoms with E-state index in [9.17, 15) is 9.59 Å². The molecular weight excluding hydrogens is 322 g/mol. The first-order valence-electron chi connectivity index (χ1n) is 6.56. The van der Waals surface area contributed by atoms with E-state index < -0.39 is 16.8 Å². The summed E-state index contributed by atoms with van der Waals surface area (Å²) in [6, 6.07) is 7.73. The number of hydrogen-bond donors (Lipinski definition) is 2. The lowest BCUT2D eigenvalue weighted by atomic mass is 9.91. The standard InChI is InChI=1S/C15H18BrNO3/c1-14(2,13(19)20)9-17-12(18)15(6-7-15)10-4-3-5-11(16)8-10/h3-5,8H,6-7,9H2,1-2H3,(H,17,18)(H,19,20). The normalized spacial score (nSPS) is 16.6. The summed E-state index contributed by atoms with van der Waals surface area (Å²) in [4.78, 5) is 23.4. The Morgan fingerprint density at radius 3 is 2.55 bits per heavy atom. The van der Waals surface area contributed by atoms with Crippen molar-refractivity contribution in [3.63, 3.8) is 0 Å². The highest BCUT2D eigenvalue weighted by molar-refractivity contribution is 9.10. The van der Waals surface area contributed by atoms with Crippen LogP contribution in [-0.2, 0) is 15.0 Å². The van der Waals surface area contributed by atoms with Crippen molar-refractivity contribution in [3.8, 4) is 0 Å². The molecule has 5 heteroatoms. The average molecular weight is 340 g/mol. The highest BCUT2D eigenvalue weighted by atomic mass is 79.9. The number of hydrogen-bond acceptors (Lipinski definition) is 2.